The highest BCUT2D eigenvalue weighted by Crippen LogP contribution is 2.22. The molecule has 0 radical (unpaired) electrons. The third kappa shape index (κ3) is 2.94. The Hall–Kier alpha value is -2.80. The Balaban J connectivity index is 1.82. The number of hydrogen-bond acceptors (Lipinski definition) is 4. The molecular formula is C15H14N4O2S. The SMILES string of the molecule is Nc1ncc(-c2ccc(NS(=O)(=O)c3ccccc3)cc2)[nH]1. The van der Waals surface area contributed by atoms with Crippen molar-refractivity contribution in [1.82, 2.24) is 9.97 Å². The maximum atomic E-state index is 12.2. The lowest BCUT2D eigenvalue weighted by Gasteiger charge is -2.08. The van der Waals surface area contributed by atoms with Crippen LogP contribution in [0.2, 0.25) is 0 Å². The first-order valence-electron chi connectivity index (χ1n) is 6.53. The number of aromatic amines is 1. The molecule has 1 aromatic heterocycles. The van der Waals surface area contributed by atoms with Crippen LogP contribution in [0.3, 0.4) is 0 Å². The van der Waals surface area contributed by atoms with Gasteiger partial charge in [-0.1, -0.05) is 30.3 Å². The van der Waals surface area contributed by atoms with Crippen molar-refractivity contribution in [2.45, 2.75) is 4.90 Å². The quantitative estimate of drug-likeness (QED) is 0.688. The van der Waals surface area contributed by atoms with Crippen LogP contribution in [0.5, 0.6) is 0 Å². The van der Waals surface area contributed by atoms with Crippen LogP contribution >= 0.6 is 0 Å². The Morgan fingerprint density at radius 2 is 1.68 bits per heavy atom. The lowest BCUT2D eigenvalue weighted by Crippen LogP contribution is -2.12. The molecule has 2 aromatic carbocycles. The molecule has 0 bridgehead atoms. The van der Waals surface area contributed by atoms with Crippen molar-refractivity contribution in [2.75, 3.05) is 10.5 Å². The fraction of sp³-hybridized carbons (Fsp3) is 0. The van der Waals surface area contributed by atoms with Gasteiger partial charge in [-0.05, 0) is 29.8 Å². The fourth-order valence-corrected chi connectivity index (χ4v) is 3.09. The minimum Gasteiger partial charge on any atom is -0.369 e. The van der Waals surface area contributed by atoms with E-state index in [1.54, 1.807) is 60.8 Å². The van der Waals surface area contributed by atoms with E-state index >= 15 is 0 Å². The number of imidazole rings is 1. The minimum absolute atomic E-state index is 0.223. The molecule has 0 spiro atoms. The summed E-state index contributed by atoms with van der Waals surface area (Å²) in [6.45, 7) is 0. The molecule has 4 N–H and O–H groups in total. The van der Waals surface area contributed by atoms with Gasteiger partial charge in [0.05, 0.1) is 16.8 Å². The van der Waals surface area contributed by atoms with Gasteiger partial charge in [-0.15, -0.1) is 0 Å². The molecule has 6 nitrogen and oxygen atoms in total. The van der Waals surface area contributed by atoms with Crippen molar-refractivity contribution in [2.24, 2.45) is 0 Å². The highest BCUT2D eigenvalue weighted by molar-refractivity contribution is 7.92. The lowest BCUT2D eigenvalue weighted by atomic mass is 10.1. The second-order valence-corrected chi connectivity index (χ2v) is 6.36. The van der Waals surface area contributed by atoms with Crippen LogP contribution in [0.15, 0.2) is 65.7 Å². The smallest absolute Gasteiger partial charge is 0.261 e. The molecule has 0 fully saturated rings. The van der Waals surface area contributed by atoms with Gasteiger partial charge < -0.3 is 10.7 Å². The molecule has 3 rings (SSSR count). The van der Waals surface area contributed by atoms with Crippen LogP contribution in [0.4, 0.5) is 11.6 Å². The number of nitrogens with two attached hydrogens (primary N) is 1. The van der Waals surface area contributed by atoms with Gasteiger partial charge in [0.25, 0.3) is 10.0 Å². The van der Waals surface area contributed by atoms with Crippen LogP contribution in [-0.2, 0) is 10.0 Å². The van der Waals surface area contributed by atoms with Gasteiger partial charge in [-0.3, -0.25) is 4.72 Å². The molecule has 0 aliphatic heterocycles. The Morgan fingerprint density at radius 3 is 2.27 bits per heavy atom. The number of nitrogens with zero attached hydrogens (tertiary/aromatic N) is 1. The summed E-state index contributed by atoms with van der Waals surface area (Å²) in [4.78, 5) is 7.06. The predicted molar refractivity (Wildman–Crippen MR) is 85.7 cm³/mol. The lowest BCUT2D eigenvalue weighted by molar-refractivity contribution is 0.601. The number of sulfonamides is 1. The number of aromatic nitrogens is 2. The second kappa shape index (κ2) is 5.53. The number of H-pyrrole nitrogens is 1. The van der Waals surface area contributed by atoms with E-state index in [1.165, 1.54) is 0 Å². The zero-order valence-corrected chi connectivity index (χ0v) is 12.3. The minimum atomic E-state index is -3.58. The van der Waals surface area contributed by atoms with E-state index in [-0.39, 0.29) is 4.90 Å². The number of nitrogen functional groups attached to an aromatic ring is 1. The van der Waals surface area contributed by atoms with E-state index in [1.807, 2.05) is 0 Å². The Labute approximate surface area is 128 Å². The molecule has 0 aliphatic rings. The molecule has 1 heterocycles. The summed E-state index contributed by atoms with van der Waals surface area (Å²) in [5.74, 6) is 0.337. The highest BCUT2D eigenvalue weighted by atomic mass is 32.2. The van der Waals surface area contributed by atoms with Crippen LogP contribution in [-0.4, -0.2) is 18.4 Å². The molecular weight excluding hydrogens is 300 g/mol. The van der Waals surface area contributed by atoms with Crippen molar-refractivity contribution < 1.29 is 8.42 Å². The molecule has 112 valence electrons. The average molecular weight is 314 g/mol. The summed E-state index contributed by atoms with van der Waals surface area (Å²) >= 11 is 0. The molecule has 0 saturated carbocycles. The zero-order chi connectivity index (χ0) is 15.6. The number of nitrogens with one attached hydrogen (secondary N) is 2. The van der Waals surface area contributed by atoms with Gasteiger partial charge in [-0.2, -0.15) is 0 Å². The summed E-state index contributed by atoms with van der Waals surface area (Å²) in [6, 6.07) is 15.2. The monoisotopic (exact) mass is 314 g/mol. The number of anilines is 2. The summed E-state index contributed by atoms with van der Waals surface area (Å²) in [7, 11) is -3.58. The van der Waals surface area contributed by atoms with Gasteiger partial charge >= 0.3 is 0 Å². The number of hydrogen-bond donors (Lipinski definition) is 3. The predicted octanol–water partition coefficient (Wildman–Crippen LogP) is 2.46. The molecule has 0 amide bonds. The first-order chi connectivity index (χ1) is 10.5. The van der Waals surface area contributed by atoms with Crippen molar-refractivity contribution in [1.29, 1.82) is 0 Å². The molecule has 3 aromatic rings. The van der Waals surface area contributed by atoms with E-state index in [0.717, 1.165) is 11.3 Å². The van der Waals surface area contributed by atoms with Crippen molar-refractivity contribution in [3.05, 3.63) is 60.8 Å². The van der Waals surface area contributed by atoms with Crippen LogP contribution < -0.4 is 10.5 Å². The molecule has 22 heavy (non-hydrogen) atoms. The van der Waals surface area contributed by atoms with E-state index in [4.69, 9.17) is 5.73 Å². The standard InChI is InChI=1S/C15H14N4O2S/c16-15-17-10-14(18-15)11-6-8-12(9-7-11)19-22(20,21)13-4-2-1-3-5-13/h1-10,19H,(H3,16,17,18). The van der Waals surface area contributed by atoms with Gasteiger partial charge in [0.2, 0.25) is 0 Å². The first kappa shape index (κ1) is 14.2. The van der Waals surface area contributed by atoms with E-state index in [2.05, 4.69) is 14.7 Å². The largest absolute Gasteiger partial charge is 0.369 e. The molecule has 7 heteroatoms. The maximum Gasteiger partial charge on any atom is 0.261 e. The topological polar surface area (TPSA) is 101 Å². The van der Waals surface area contributed by atoms with Crippen molar-refractivity contribution in [3.8, 4) is 11.3 Å². The first-order valence-corrected chi connectivity index (χ1v) is 8.02. The van der Waals surface area contributed by atoms with Gasteiger partial charge in [0.1, 0.15) is 0 Å². The summed E-state index contributed by atoms with van der Waals surface area (Å²) in [5, 5.41) is 0. The Morgan fingerprint density at radius 1 is 1.00 bits per heavy atom. The molecule has 0 aliphatic carbocycles. The molecule has 0 atom stereocenters. The molecule has 0 unspecified atom stereocenters. The summed E-state index contributed by atoms with van der Waals surface area (Å²) in [6.07, 6.45) is 1.62. The average Bonchev–Trinajstić information content (AvgIpc) is 2.95. The normalized spacial score (nSPS) is 11.3. The van der Waals surface area contributed by atoms with Gasteiger partial charge in [0, 0.05) is 5.69 Å². The van der Waals surface area contributed by atoms with Crippen LogP contribution in [0.1, 0.15) is 0 Å². The van der Waals surface area contributed by atoms with Crippen LogP contribution in [0, 0.1) is 0 Å². The number of rotatable bonds is 4. The van der Waals surface area contributed by atoms with E-state index < -0.39 is 10.0 Å². The summed E-state index contributed by atoms with van der Waals surface area (Å²) in [5.41, 5.74) is 7.66. The van der Waals surface area contributed by atoms with Crippen LogP contribution in [0.25, 0.3) is 11.3 Å². The molecule has 0 saturated heterocycles. The second-order valence-electron chi connectivity index (χ2n) is 4.68. The highest BCUT2D eigenvalue weighted by Gasteiger charge is 2.13. The third-order valence-electron chi connectivity index (χ3n) is 3.10. The third-order valence-corrected chi connectivity index (χ3v) is 4.49. The Bertz CT molecular complexity index is 871. The summed E-state index contributed by atoms with van der Waals surface area (Å²) < 4.78 is 27.0. The van der Waals surface area contributed by atoms with Crippen molar-refractivity contribution >= 4 is 21.7 Å². The van der Waals surface area contributed by atoms with Gasteiger partial charge in [0.15, 0.2) is 5.95 Å². The van der Waals surface area contributed by atoms with E-state index in [0.29, 0.717) is 11.6 Å². The Kier molecular flexibility index (Phi) is 3.56. The zero-order valence-electron chi connectivity index (χ0n) is 11.5. The maximum absolute atomic E-state index is 12.2. The number of benzene rings is 2. The fourth-order valence-electron chi connectivity index (χ4n) is 2.01. The van der Waals surface area contributed by atoms with E-state index in [9.17, 15) is 8.42 Å². The van der Waals surface area contributed by atoms with Crippen molar-refractivity contribution in [3.63, 3.8) is 0 Å². The van der Waals surface area contributed by atoms with Gasteiger partial charge in [-0.25, -0.2) is 13.4 Å².